The van der Waals surface area contributed by atoms with Crippen molar-refractivity contribution in [3.05, 3.63) is 71.5 Å². The van der Waals surface area contributed by atoms with Crippen molar-refractivity contribution in [2.75, 3.05) is 26.7 Å². The smallest absolute Gasteiger partial charge is 0.257 e. The zero-order valence-corrected chi connectivity index (χ0v) is 12.6. The summed E-state index contributed by atoms with van der Waals surface area (Å²) in [6.45, 7) is 2.15. The predicted molar refractivity (Wildman–Crippen MR) is 84.1 cm³/mol. The van der Waals surface area contributed by atoms with Gasteiger partial charge < -0.3 is 9.80 Å². The molecule has 1 aliphatic rings. The van der Waals surface area contributed by atoms with E-state index in [-0.39, 0.29) is 17.5 Å². The number of amides is 1. The van der Waals surface area contributed by atoms with Crippen LogP contribution in [0.5, 0.6) is 0 Å². The number of rotatable bonds is 2. The number of likely N-dealkylation sites (N-methyl/N-ethyl adjacent to an activating group) is 1. The molecule has 114 valence electrons. The first kappa shape index (κ1) is 14.7. The summed E-state index contributed by atoms with van der Waals surface area (Å²) in [7, 11) is 2.04. The van der Waals surface area contributed by atoms with Crippen LogP contribution in [0.15, 0.2) is 54.6 Å². The molecule has 1 saturated heterocycles. The molecule has 0 aliphatic carbocycles. The molecule has 1 atom stereocenters. The molecule has 3 rings (SSSR count). The minimum Gasteiger partial charge on any atom is -0.329 e. The van der Waals surface area contributed by atoms with Crippen molar-refractivity contribution in [3.63, 3.8) is 0 Å². The quantitative estimate of drug-likeness (QED) is 0.851. The number of hydrogen-bond acceptors (Lipinski definition) is 2. The van der Waals surface area contributed by atoms with Crippen LogP contribution in [0.3, 0.4) is 0 Å². The second-order valence-corrected chi connectivity index (χ2v) is 5.67. The molecule has 0 bridgehead atoms. The highest BCUT2D eigenvalue weighted by Gasteiger charge is 2.31. The second-order valence-electron chi connectivity index (χ2n) is 5.67. The Labute approximate surface area is 130 Å². The molecular formula is C18H19FN2O. The molecule has 1 amide bonds. The molecule has 0 radical (unpaired) electrons. The summed E-state index contributed by atoms with van der Waals surface area (Å²) in [5.74, 6) is -0.696. The number of nitrogens with zero attached hydrogens (tertiary/aromatic N) is 2. The standard InChI is InChI=1S/C18H19FN2O/c1-20-11-12-21(17(13-20)14-7-3-2-4-8-14)18(22)15-9-5-6-10-16(15)19/h2-10,17H,11-13H2,1H3. The number of halogens is 1. The van der Waals surface area contributed by atoms with Crippen LogP contribution in [0, 0.1) is 5.82 Å². The largest absolute Gasteiger partial charge is 0.329 e. The van der Waals surface area contributed by atoms with Gasteiger partial charge in [-0.15, -0.1) is 0 Å². The fourth-order valence-electron chi connectivity index (χ4n) is 2.91. The van der Waals surface area contributed by atoms with E-state index in [1.54, 1.807) is 23.1 Å². The van der Waals surface area contributed by atoms with Gasteiger partial charge in [-0.05, 0) is 24.7 Å². The Kier molecular flexibility index (Phi) is 4.20. The van der Waals surface area contributed by atoms with Crippen molar-refractivity contribution in [1.29, 1.82) is 0 Å². The van der Waals surface area contributed by atoms with Gasteiger partial charge in [0.15, 0.2) is 0 Å². The van der Waals surface area contributed by atoms with E-state index >= 15 is 0 Å². The van der Waals surface area contributed by atoms with Crippen molar-refractivity contribution in [3.8, 4) is 0 Å². The third kappa shape index (κ3) is 2.88. The summed E-state index contributed by atoms with van der Waals surface area (Å²) < 4.78 is 13.9. The zero-order valence-electron chi connectivity index (χ0n) is 12.6. The normalized spacial score (nSPS) is 19.2. The molecule has 0 N–H and O–H groups in total. The van der Waals surface area contributed by atoms with Gasteiger partial charge in [0.05, 0.1) is 11.6 Å². The average Bonchev–Trinajstić information content (AvgIpc) is 2.55. The molecule has 0 spiro atoms. The Hall–Kier alpha value is -2.20. The molecule has 2 aromatic carbocycles. The summed E-state index contributed by atoms with van der Waals surface area (Å²) in [4.78, 5) is 16.8. The Morgan fingerprint density at radius 3 is 2.45 bits per heavy atom. The van der Waals surface area contributed by atoms with Gasteiger partial charge in [-0.1, -0.05) is 42.5 Å². The SMILES string of the molecule is CN1CCN(C(=O)c2ccccc2F)C(c2ccccc2)C1. The minimum absolute atomic E-state index is 0.0490. The van der Waals surface area contributed by atoms with Crippen LogP contribution >= 0.6 is 0 Å². The first-order valence-corrected chi connectivity index (χ1v) is 7.46. The van der Waals surface area contributed by atoms with Gasteiger partial charge in [0.25, 0.3) is 5.91 Å². The molecule has 4 heteroatoms. The molecule has 1 heterocycles. The summed E-state index contributed by atoms with van der Waals surface area (Å²) in [6.07, 6.45) is 0. The van der Waals surface area contributed by atoms with Gasteiger partial charge in [0.2, 0.25) is 0 Å². The number of carbonyl (C=O) groups excluding carboxylic acids is 1. The van der Waals surface area contributed by atoms with E-state index in [4.69, 9.17) is 0 Å². The van der Waals surface area contributed by atoms with Gasteiger partial charge in [-0.25, -0.2) is 4.39 Å². The van der Waals surface area contributed by atoms with E-state index in [0.717, 1.165) is 18.7 Å². The van der Waals surface area contributed by atoms with E-state index in [0.29, 0.717) is 6.54 Å². The molecule has 0 aromatic heterocycles. The van der Waals surface area contributed by atoms with E-state index < -0.39 is 5.82 Å². The monoisotopic (exact) mass is 298 g/mol. The summed E-state index contributed by atoms with van der Waals surface area (Å²) >= 11 is 0. The highest BCUT2D eigenvalue weighted by Crippen LogP contribution is 2.27. The summed E-state index contributed by atoms with van der Waals surface area (Å²) in [5, 5.41) is 0. The lowest BCUT2D eigenvalue weighted by Crippen LogP contribution is -2.49. The fraction of sp³-hybridized carbons (Fsp3) is 0.278. The van der Waals surface area contributed by atoms with Gasteiger partial charge >= 0.3 is 0 Å². The number of carbonyl (C=O) groups is 1. The molecule has 1 fully saturated rings. The maximum Gasteiger partial charge on any atom is 0.257 e. The van der Waals surface area contributed by atoms with E-state index in [2.05, 4.69) is 4.90 Å². The minimum atomic E-state index is -0.460. The van der Waals surface area contributed by atoms with Gasteiger partial charge in [0.1, 0.15) is 5.82 Å². The number of benzene rings is 2. The summed E-state index contributed by atoms with van der Waals surface area (Å²) in [6, 6.07) is 16.1. The lowest BCUT2D eigenvalue weighted by Gasteiger charge is -2.40. The fourth-order valence-corrected chi connectivity index (χ4v) is 2.91. The van der Waals surface area contributed by atoms with Crippen molar-refractivity contribution < 1.29 is 9.18 Å². The Balaban J connectivity index is 1.93. The van der Waals surface area contributed by atoms with E-state index in [1.165, 1.54) is 6.07 Å². The molecule has 2 aromatic rings. The van der Waals surface area contributed by atoms with Crippen LogP contribution in [0.2, 0.25) is 0 Å². The number of piperazine rings is 1. The van der Waals surface area contributed by atoms with Crippen molar-refractivity contribution in [1.82, 2.24) is 9.80 Å². The third-order valence-electron chi connectivity index (χ3n) is 4.13. The van der Waals surface area contributed by atoms with Crippen LogP contribution in [-0.4, -0.2) is 42.4 Å². The average molecular weight is 298 g/mol. The first-order valence-electron chi connectivity index (χ1n) is 7.46. The number of hydrogen-bond donors (Lipinski definition) is 0. The lowest BCUT2D eigenvalue weighted by atomic mass is 10.0. The van der Waals surface area contributed by atoms with Gasteiger partial charge in [-0.2, -0.15) is 0 Å². The maximum atomic E-state index is 13.9. The third-order valence-corrected chi connectivity index (χ3v) is 4.13. The molecule has 3 nitrogen and oxygen atoms in total. The zero-order chi connectivity index (χ0) is 15.5. The molecule has 1 aliphatic heterocycles. The van der Waals surface area contributed by atoms with Crippen molar-refractivity contribution in [2.24, 2.45) is 0 Å². The Morgan fingerprint density at radius 2 is 1.73 bits per heavy atom. The van der Waals surface area contributed by atoms with Crippen LogP contribution < -0.4 is 0 Å². The molecule has 0 saturated carbocycles. The lowest BCUT2D eigenvalue weighted by molar-refractivity contribution is 0.0493. The van der Waals surface area contributed by atoms with Crippen molar-refractivity contribution in [2.45, 2.75) is 6.04 Å². The predicted octanol–water partition coefficient (Wildman–Crippen LogP) is 2.95. The molecule has 1 unspecified atom stereocenters. The highest BCUT2D eigenvalue weighted by atomic mass is 19.1. The van der Waals surface area contributed by atoms with Crippen LogP contribution in [-0.2, 0) is 0 Å². The first-order chi connectivity index (χ1) is 10.7. The highest BCUT2D eigenvalue weighted by molar-refractivity contribution is 5.94. The molecule has 22 heavy (non-hydrogen) atoms. The van der Waals surface area contributed by atoms with Gasteiger partial charge in [0, 0.05) is 19.6 Å². The topological polar surface area (TPSA) is 23.6 Å². The van der Waals surface area contributed by atoms with Crippen molar-refractivity contribution >= 4 is 5.91 Å². The van der Waals surface area contributed by atoms with Crippen LogP contribution in [0.1, 0.15) is 22.0 Å². The molecular weight excluding hydrogens is 279 g/mol. The van der Waals surface area contributed by atoms with Gasteiger partial charge in [-0.3, -0.25) is 4.79 Å². The van der Waals surface area contributed by atoms with E-state index in [1.807, 2.05) is 37.4 Å². The Morgan fingerprint density at radius 1 is 1.05 bits per heavy atom. The van der Waals surface area contributed by atoms with Crippen LogP contribution in [0.4, 0.5) is 4.39 Å². The van der Waals surface area contributed by atoms with Crippen LogP contribution in [0.25, 0.3) is 0 Å². The second kappa shape index (κ2) is 6.28. The maximum absolute atomic E-state index is 13.9. The Bertz CT molecular complexity index is 659. The van der Waals surface area contributed by atoms with E-state index in [9.17, 15) is 9.18 Å². The summed E-state index contributed by atoms with van der Waals surface area (Å²) in [5.41, 5.74) is 1.23.